The van der Waals surface area contributed by atoms with Crippen LogP contribution in [0.25, 0.3) is 10.9 Å². The van der Waals surface area contributed by atoms with Crippen molar-refractivity contribution in [1.82, 2.24) is 9.78 Å². The van der Waals surface area contributed by atoms with Gasteiger partial charge in [-0.15, -0.1) is 0 Å². The van der Waals surface area contributed by atoms with Crippen molar-refractivity contribution in [2.24, 2.45) is 12.0 Å². The van der Waals surface area contributed by atoms with Crippen LogP contribution < -0.4 is 0 Å². The van der Waals surface area contributed by atoms with Gasteiger partial charge in [-0.1, -0.05) is 38.1 Å². The van der Waals surface area contributed by atoms with Gasteiger partial charge in [0.25, 0.3) is 0 Å². The van der Waals surface area contributed by atoms with Gasteiger partial charge < -0.3 is 0 Å². The minimum absolute atomic E-state index is 0.171. The van der Waals surface area contributed by atoms with E-state index in [1.54, 1.807) is 12.1 Å². The van der Waals surface area contributed by atoms with Crippen molar-refractivity contribution >= 4 is 16.6 Å². The molecule has 0 N–H and O–H groups in total. The van der Waals surface area contributed by atoms with E-state index >= 15 is 0 Å². The molecule has 0 bridgehead atoms. The van der Waals surface area contributed by atoms with Crippen LogP contribution in [0.3, 0.4) is 0 Å². The first-order valence-corrected chi connectivity index (χ1v) is 8.96. The molecule has 3 aromatic rings. The molecule has 1 aromatic heterocycles. The second-order valence-corrected chi connectivity index (χ2v) is 8.30. The molecule has 134 valence electrons. The van der Waals surface area contributed by atoms with E-state index in [9.17, 15) is 4.39 Å². The first-order valence-electron chi connectivity index (χ1n) is 8.96. The van der Waals surface area contributed by atoms with Gasteiger partial charge in [-0.3, -0.25) is 9.67 Å². The number of benzene rings is 2. The fraction of sp³-hybridized carbons (Fsp3) is 0.364. The fourth-order valence-corrected chi connectivity index (χ4v) is 3.91. The summed E-state index contributed by atoms with van der Waals surface area (Å²) in [6.45, 7) is 10.3. The van der Waals surface area contributed by atoms with Gasteiger partial charge in [0.1, 0.15) is 5.82 Å². The Labute approximate surface area is 153 Å². The molecular weight excluding hydrogens is 325 g/mol. The minimum atomic E-state index is -0.446. The third-order valence-electron chi connectivity index (χ3n) is 6.03. The molecule has 0 spiro atoms. The summed E-state index contributed by atoms with van der Waals surface area (Å²) in [4.78, 5) is 5.11. The number of aromatic nitrogens is 2. The van der Waals surface area contributed by atoms with E-state index in [0.29, 0.717) is 0 Å². The summed E-state index contributed by atoms with van der Waals surface area (Å²) >= 11 is 0. The number of fused-ring (bicyclic) bond motifs is 2. The molecule has 0 unspecified atom stereocenters. The van der Waals surface area contributed by atoms with E-state index in [-0.39, 0.29) is 5.82 Å². The molecule has 2 heterocycles. The van der Waals surface area contributed by atoms with Crippen LogP contribution in [0.2, 0.25) is 0 Å². The van der Waals surface area contributed by atoms with Gasteiger partial charge in [-0.2, -0.15) is 5.10 Å². The normalized spacial score (nSPS) is 17.9. The van der Waals surface area contributed by atoms with Gasteiger partial charge >= 0.3 is 0 Å². The summed E-state index contributed by atoms with van der Waals surface area (Å²) in [5.41, 5.74) is 4.59. The number of hydrogen-bond donors (Lipinski definition) is 0. The molecule has 0 atom stereocenters. The zero-order valence-corrected chi connectivity index (χ0v) is 16.2. The lowest BCUT2D eigenvalue weighted by Crippen LogP contribution is -2.47. The van der Waals surface area contributed by atoms with Gasteiger partial charge in [0.05, 0.1) is 22.5 Å². The highest BCUT2D eigenvalue weighted by Gasteiger charge is 2.46. The second-order valence-electron chi connectivity index (χ2n) is 8.30. The third-order valence-corrected chi connectivity index (χ3v) is 6.03. The number of rotatable bonds is 1. The van der Waals surface area contributed by atoms with E-state index in [1.807, 2.05) is 17.8 Å². The molecule has 26 heavy (non-hydrogen) atoms. The van der Waals surface area contributed by atoms with Crippen LogP contribution in [0.1, 0.15) is 50.1 Å². The van der Waals surface area contributed by atoms with E-state index in [0.717, 1.165) is 33.4 Å². The highest BCUT2D eigenvalue weighted by atomic mass is 19.1. The first kappa shape index (κ1) is 17.0. The summed E-state index contributed by atoms with van der Waals surface area (Å²) in [7, 11) is 1.93. The quantitative estimate of drug-likeness (QED) is 0.613. The zero-order chi connectivity index (χ0) is 18.9. The van der Waals surface area contributed by atoms with Crippen molar-refractivity contribution < 1.29 is 4.39 Å². The van der Waals surface area contributed by atoms with Crippen LogP contribution in [-0.4, -0.2) is 21.0 Å². The molecule has 1 aliphatic rings. The van der Waals surface area contributed by atoms with Gasteiger partial charge in [0.2, 0.25) is 0 Å². The smallest absolute Gasteiger partial charge is 0.127 e. The minimum Gasteiger partial charge on any atom is -0.275 e. The number of aliphatic imine (C=N–C) groups is 1. The molecule has 0 fully saturated rings. The topological polar surface area (TPSA) is 30.2 Å². The molecule has 4 heteroatoms. The lowest BCUT2D eigenvalue weighted by Gasteiger charge is -2.44. The zero-order valence-electron chi connectivity index (χ0n) is 16.2. The van der Waals surface area contributed by atoms with E-state index in [4.69, 9.17) is 4.99 Å². The third kappa shape index (κ3) is 2.17. The number of aryl methyl sites for hydroxylation is 2. The average Bonchev–Trinajstić information content (AvgIpc) is 2.85. The monoisotopic (exact) mass is 349 g/mol. The maximum absolute atomic E-state index is 14.9. The Morgan fingerprint density at radius 1 is 1.04 bits per heavy atom. The molecule has 0 saturated carbocycles. The number of hydrogen-bond acceptors (Lipinski definition) is 2. The van der Waals surface area contributed by atoms with Crippen molar-refractivity contribution in [2.75, 3.05) is 0 Å². The van der Waals surface area contributed by atoms with Crippen molar-refractivity contribution in [3.05, 3.63) is 64.6 Å². The van der Waals surface area contributed by atoms with Crippen LogP contribution in [-0.2, 0) is 12.5 Å². The molecule has 0 radical (unpaired) electrons. The Morgan fingerprint density at radius 2 is 1.77 bits per heavy atom. The Bertz CT molecular complexity index is 1070. The van der Waals surface area contributed by atoms with Crippen LogP contribution in [0.5, 0.6) is 0 Å². The lowest BCUT2D eigenvalue weighted by atomic mass is 9.65. The summed E-state index contributed by atoms with van der Waals surface area (Å²) in [5, 5.41) is 5.71. The first-order chi connectivity index (χ1) is 12.1. The molecule has 3 nitrogen and oxygen atoms in total. The summed E-state index contributed by atoms with van der Waals surface area (Å²) in [6, 6.07) is 11.5. The van der Waals surface area contributed by atoms with Crippen LogP contribution >= 0.6 is 0 Å². The van der Waals surface area contributed by atoms with E-state index in [1.165, 1.54) is 5.56 Å². The average molecular weight is 349 g/mol. The van der Waals surface area contributed by atoms with Gasteiger partial charge in [-0.05, 0) is 38.5 Å². The van der Waals surface area contributed by atoms with Gasteiger partial charge in [0.15, 0.2) is 0 Å². The Morgan fingerprint density at radius 3 is 2.50 bits per heavy atom. The van der Waals surface area contributed by atoms with Crippen molar-refractivity contribution in [3.8, 4) is 0 Å². The SMILES string of the molecule is Cc1ccc2c(C3=NC(C)(C)C(C)(C)c4c(F)cccc43)n(C)nc2c1. The molecule has 0 saturated heterocycles. The van der Waals surface area contributed by atoms with Crippen molar-refractivity contribution in [3.63, 3.8) is 0 Å². The number of halogens is 1. The molecule has 0 aliphatic carbocycles. The fourth-order valence-electron chi connectivity index (χ4n) is 3.91. The summed E-state index contributed by atoms with van der Waals surface area (Å²) < 4.78 is 16.8. The highest BCUT2D eigenvalue weighted by Crippen LogP contribution is 2.45. The van der Waals surface area contributed by atoms with E-state index in [2.05, 4.69) is 57.9 Å². The van der Waals surface area contributed by atoms with Crippen molar-refractivity contribution in [1.29, 1.82) is 0 Å². The Kier molecular flexibility index (Phi) is 3.43. The Balaban J connectivity index is 2.09. The van der Waals surface area contributed by atoms with Crippen LogP contribution in [0.4, 0.5) is 4.39 Å². The Hall–Kier alpha value is -2.49. The molecule has 2 aromatic carbocycles. The van der Waals surface area contributed by atoms with Crippen molar-refractivity contribution in [2.45, 2.75) is 45.6 Å². The van der Waals surface area contributed by atoms with Gasteiger partial charge in [0, 0.05) is 29.0 Å². The highest BCUT2D eigenvalue weighted by molar-refractivity contribution is 6.19. The van der Waals surface area contributed by atoms with Crippen LogP contribution in [0.15, 0.2) is 41.4 Å². The predicted molar refractivity (Wildman–Crippen MR) is 105 cm³/mol. The molecule has 4 rings (SSSR count). The maximum Gasteiger partial charge on any atom is 0.127 e. The van der Waals surface area contributed by atoms with E-state index < -0.39 is 11.0 Å². The lowest BCUT2D eigenvalue weighted by molar-refractivity contribution is 0.293. The van der Waals surface area contributed by atoms with Crippen LogP contribution in [0, 0.1) is 12.7 Å². The summed E-state index contributed by atoms with van der Waals surface area (Å²) in [5.74, 6) is -0.171. The van der Waals surface area contributed by atoms with Gasteiger partial charge in [-0.25, -0.2) is 4.39 Å². The molecular formula is C22H24FN3. The second kappa shape index (κ2) is 5.26. The molecule has 1 aliphatic heterocycles. The maximum atomic E-state index is 14.9. The number of nitrogens with zero attached hydrogens (tertiary/aromatic N) is 3. The standard InChI is InChI=1S/C22H24FN3/c1-13-10-11-14-17(12-13)25-26(6)20(14)19-15-8-7-9-16(23)18(15)21(2,3)22(4,5)24-19/h7-12H,1-6H3. The predicted octanol–water partition coefficient (Wildman–Crippen LogP) is 4.93. The summed E-state index contributed by atoms with van der Waals surface area (Å²) in [6.07, 6.45) is 0. The molecule has 0 amide bonds. The largest absolute Gasteiger partial charge is 0.275 e.